The van der Waals surface area contributed by atoms with E-state index in [-0.39, 0.29) is 23.3 Å². The fraction of sp³-hybridized carbons (Fsp3) is 0.200. The monoisotopic (exact) mass is 350 g/mol. The van der Waals surface area contributed by atoms with Gasteiger partial charge in [-0.3, -0.25) is 9.59 Å². The number of rotatable bonds is 2. The molecule has 0 spiro atoms. The molecule has 0 radical (unpaired) electrons. The second-order valence-electron chi connectivity index (χ2n) is 5.11. The van der Waals surface area contributed by atoms with E-state index in [0.29, 0.717) is 29.2 Å². The molecule has 8 heteroatoms. The average Bonchev–Trinajstić information content (AvgIpc) is 2.55. The average molecular weight is 351 g/mol. The van der Waals surface area contributed by atoms with E-state index in [1.54, 1.807) is 29.3 Å². The Morgan fingerprint density at radius 1 is 1.26 bits per heavy atom. The lowest BCUT2D eigenvalue weighted by Crippen LogP contribution is -2.37. The Balaban J connectivity index is 1.89. The lowest BCUT2D eigenvalue weighted by molar-refractivity contribution is 0.0731. The highest BCUT2D eigenvalue weighted by molar-refractivity contribution is 6.43. The zero-order valence-electron chi connectivity index (χ0n) is 11.9. The van der Waals surface area contributed by atoms with Crippen LogP contribution in [0, 0.1) is 0 Å². The van der Waals surface area contributed by atoms with Crippen molar-refractivity contribution < 1.29 is 9.59 Å². The second kappa shape index (κ2) is 6.14. The van der Waals surface area contributed by atoms with Crippen LogP contribution in [0.3, 0.4) is 0 Å². The molecule has 118 valence electrons. The number of primary amides is 1. The maximum atomic E-state index is 12.6. The zero-order chi connectivity index (χ0) is 16.6. The van der Waals surface area contributed by atoms with E-state index in [9.17, 15) is 9.59 Å². The quantitative estimate of drug-likeness (QED) is 0.897. The third-order valence-electron chi connectivity index (χ3n) is 3.64. The van der Waals surface area contributed by atoms with Crippen molar-refractivity contribution in [1.82, 2.24) is 14.9 Å². The van der Waals surface area contributed by atoms with Crippen LogP contribution in [0.5, 0.6) is 0 Å². The van der Waals surface area contributed by atoms with Gasteiger partial charge in [-0.15, -0.1) is 0 Å². The zero-order valence-corrected chi connectivity index (χ0v) is 13.4. The molecule has 3 rings (SSSR count). The van der Waals surface area contributed by atoms with Crippen molar-refractivity contribution in [2.45, 2.75) is 13.0 Å². The number of carbonyl (C=O) groups is 2. The molecule has 0 saturated carbocycles. The number of fused-ring (bicyclic) bond motifs is 1. The van der Waals surface area contributed by atoms with E-state index in [0.717, 1.165) is 5.56 Å². The van der Waals surface area contributed by atoms with Crippen molar-refractivity contribution >= 4 is 35.0 Å². The van der Waals surface area contributed by atoms with Gasteiger partial charge in [-0.1, -0.05) is 29.3 Å². The Morgan fingerprint density at radius 3 is 2.78 bits per heavy atom. The SMILES string of the molecule is NC(=O)c1ncc2c(n1)CN(C(=O)c1cccc(Cl)c1Cl)CC2. The molecular weight excluding hydrogens is 339 g/mol. The minimum atomic E-state index is -0.700. The van der Waals surface area contributed by atoms with E-state index >= 15 is 0 Å². The third kappa shape index (κ3) is 3.00. The van der Waals surface area contributed by atoms with E-state index in [2.05, 4.69) is 9.97 Å². The van der Waals surface area contributed by atoms with E-state index in [4.69, 9.17) is 28.9 Å². The molecule has 0 unspecified atom stereocenters. The molecule has 1 aromatic carbocycles. The highest BCUT2D eigenvalue weighted by Gasteiger charge is 2.25. The number of aromatic nitrogens is 2. The largest absolute Gasteiger partial charge is 0.363 e. The number of halogens is 2. The van der Waals surface area contributed by atoms with Crippen molar-refractivity contribution in [3.8, 4) is 0 Å². The maximum Gasteiger partial charge on any atom is 0.286 e. The first-order valence-electron chi connectivity index (χ1n) is 6.85. The summed E-state index contributed by atoms with van der Waals surface area (Å²) in [4.78, 5) is 33.5. The number of nitrogens with two attached hydrogens (primary N) is 1. The number of amides is 2. The number of nitrogens with zero attached hydrogens (tertiary/aromatic N) is 3. The molecule has 0 aliphatic carbocycles. The predicted octanol–water partition coefficient (Wildman–Crippen LogP) is 2.08. The van der Waals surface area contributed by atoms with Gasteiger partial charge in [0, 0.05) is 12.7 Å². The molecule has 6 nitrogen and oxygen atoms in total. The Hall–Kier alpha value is -2.18. The summed E-state index contributed by atoms with van der Waals surface area (Å²) in [6, 6.07) is 4.92. The van der Waals surface area contributed by atoms with Crippen LogP contribution in [0.25, 0.3) is 0 Å². The molecule has 0 saturated heterocycles. The molecule has 2 amide bonds. The van der Waals surface area contributed by atoms with Crippen LogP contribution in [0.2, 0.25) is 10.0 Å². The van der Waals surface area contributed by atoms with Crippen LogP contribution < -0.4 is 5.73 Å². The predicted molar refractivity (Wildman–Crippen MR) is 85.5 cm³/mol. The van der Waals surface area contributed by atoms with Crippen molar-refractivity contribution in [1.29, 1.82) is 0 Å². The van der Waals surface area contributed by atoms with Crippen molar-refractivity contribution in [3.63, 3.8) is 0 Å². The van der Waals surface area contributed by atoms with Gasteiger partial charge in [-0.2, -0.15) is 0 Å². The van der Waals surface area contributed by atoms with Gasteiger partial charge in [-0.25, -0.2) is 9.97 Å². The molecular formula is C15H12Cl2N4O2. The first-order chi connectivity index (χ1) is 11.0. The summed E-state index contributed by atoms with van der Waals surface area (Å²) in [5, 5.41) is 0.554. The normalized spacial score (nSPS) is 13.6. The second-order valence-corrected chi connectivity index (χ2v) is 5.89. The Bertz CT molecular complexity index is 810. The number of hydrogen-bond acceptors (Lipinski definition) is 4. The maximum absolute atomic E-state index is 12.6. The van der Waals surface area contributed by atoms with E-state index in [1.807, 2.05) is 0 Å². The summed E-state index contributed by atoms with van der Waals surface area (Å²) in [5.41, 5.74) is 7.05. The van der Waals surface area contributed by atoms with Gasteiger partial charge in [0.15, 0.2) is 0 Å². The first kappa shape index (κ1) is 15.7. The number of benzene rings is 1. The Kier molecular flexibility index (Phi) is 4.19. The number of hydrogen-bond donors (Lipinski definition) is 1. The van der Waals surface area contributed by atoms with Crippen molar-refractivity contribution in [2.24, 2.45) is 5.73 Å². The third-order valence-corrected chi connectivity index (χ3v) is 4.45. The lowest BCUT2D eigenvalue weighted by atomic mass is 10.1. The molecule has 2 N–H and O–H groups in total. The summed E-state index contributed by atoms with van der Waals surface area (Å²) >= 11 is 12.1. The van der Waals surface area contributed by atoms with Crippen LogP contribution in [-0.2, 0) is 13.0 Å². The molecule has 0 fully saturated rings. The van der Waals surface area contributed by atoms with Gasteiger partial charge >= 0.3 is 0 Å². The van der Waals surface area contributed by atoms with Crippen LogP contribution >= 0.6 is 23.2 Å². The highest BCUT2D eigenvalue weighted by Crippen LogP contribution is 2.28. The highest BCUT2D eigenvalue weighted by atomic mass is 35.5. The van der Waals surface area contributed by atoms with Gasteiger partial charge in [0.2, 0.25) is 5.82 Å². The minimum Gasteiger partial charge on any atom is -0.363 e. The standard InChI is InChI=1S/C15H12Cl2N4O2/c16-10-3-1-2-9(12(10)17)15(23)21-5-4-8-6-19-14(13(18)22)20-11(8)7-21/h1-3,6H,4-5,7H2,(H2,18,22). The molecule has 0 atom stereocenters. The molecule has 2 aromatic rings. The van der Waals surface area contributed by atoms with Gasteiger partial charge in [0.25, 0.3) is 11.8 Å². The van der Waals surface area contributed by atoms with Crippen molar-refractivity contribution in [3.05, 3.63) is 57.1 Å². The summed E-state index contributed by atoms with van der Waals surface area (Å²) in [5.74, 6) is -0.990. The van der Waals surface area contributed by atoms with Gasteiger partial charge in [-0.05, 0) is 24.1 Å². The topological polar surface area (TPSA) is 89.2 Å². The summed E-state index contributed by atoms with van der Waals surface area (Å²) in [6.07, 6.45) is 2.18. The fourth-order valence-corrected chi connectivity index (χ4v) is 2.82. The summed E-state index contributed by atoms with van der Waals surface area (Å²) in [7, 11) is 0. The molecule has 1 aliphatic heterocycles. The van der Waals surface area contributed by atoms with Gasteiger partial charge < -0.3 is 10.6 Å². The lowest BCUT2D eigenvalue weighted by Gasteiger charge is -2.28. The van der Waals surface area contributed by atoms with Crippen molar-refractivity contribution in [2.75, 3.05) is 6.54 Å². The van der Waals surface area contributed by atoms with Crippen LogP contribution in [0.1, 0.15) is 32.2 Å². The van der Waals surface area contributed by atoms with Gasteiger partial charge in [0.05, 0.1) is 27.8 Å². The van der Waals surface area contributed by atoms with E-state index in [1.165, 1.54) is 0 Å². The summed E-state index contributed by atoms with van der Waals surface area (Å²) < 4.78 is 0. The summed E-state index contributed by atoms with van der Waals surface area (Å²) in [6.45, 7) is 0.772. The minimum absolute atomic E-state index is 0.0566. The van der Waals surface area contributed by atoms with Crippen LogP contribution in [-0.4, -0.2) is 33.2 Å². The van der Waals surface area contributed by atoms with E-state index < -0.39 is 5.91 Å². The molecule has 1 aromatic heterocycles. The fourth-order valence-electron chi connectivity index (χ4n) is 2.43. The van der Waals surface area contributed by atoms with Gasteiger partial charge in [0.1, 0.15) is 0 Å². The first-order valence-corrected chi connectivity index (χ1v) is 7.61. The molecule has 0 bridgehead atoms. The Labute approximate surface area is 142 Å². The molecule has 23 heavy (non-hydrogen) atoms. The smallest absolute Gasteiger partial charge is 0.286 e. The Morgan fingerprint density at radius 2 is 2.04 bits per heavy atom. The van der Waals surface area contributed by atoms with Crippen LogP contribution in [0.4, 0.5) is 0 Å². The molecule has 2 heterocycles. The number of carbonyl (C=O) groups excluding carboxylic acids is 2. The van der Waals surface area contributed by atoms with Crippen LogP contribution in [0.15, 0.2) is 24.4 Å². The molecule has 1 aliphatic rings.